The minimum Gasteiger partial charge on any atom is -0.489 e. The van der Waals surface area contributed by atoms with Crippen molar-refractivity contribution in [2.24, 2.45) is 0 Å². The van der Waals surface area contributed by atoms with E-state index < -0.39 is 22.4 Å². The zero-order chi connectivity index (χ0) is 29.6. The number of likely N-dealkylation sites (tertiary alicyclic amines) is 1. The molecule has 0 spiro atoms. The molecule has 0 radical (unpaired) electrons. The predicted molar refractivity (Wildman–Crippen MR) is 158 cm³/mol. The van der Waals surface area contributed by atoms with E-state index in [1.54, 1.807) is 18.2 Å². The minimum atomic E-state index is -3.45. The van der Waals surface area contributed by atoms with Gasteiger partial charge in [-0.05, 0) is 51.2 Å². The van der Waals surface area contributed by atoms with Crippen molar-refractivity contribution in [3.8, 4) is 17.6 Å². The van der Waals surface area contributed by atoms with Gasteiger partial charge in [0, 0.05) is 36.4 Å². The number of alkyl halides is 3. The summed E-state index contributed by atoms with van der Waals surface area (Å²) >= 11 is 1.20. The first-order valence-electron chi connectivity index (χ1n) is 13.2. The van der Waals surface area contributed by atoms with E-state index in [2.05, 4.69) is 34.4 Å². The third kappa shape index (κ3) is 7.86. The van der Waals surface area contributed by atoms with Gasteiger partial charge in [0.25, 0.3) is 6.43 Å². The molecule has 222 valence electrons. The lowest BCUT2D eigenvalue weighted by molar-refractivity contribution is 0.0504. The molecule has 0 aliphatic carbocycles. The Morgan fingerprint density at radius 2 is 1.88 bits per heavy atom. The SMILES string of the molecule is COCCOc1cc(S(C)(=O)=O)ccc1NCC#Cc1sc2c(NC3CCN(C)CC3)cccc2c1C(F)C(F)F. The van der Waals surface area contributed by atoms with Crippen molar-refractivity contribution in [2.45, 2.75) is 36.4 Å². The summed E-state index contributed by atoms with van der Waals surface area (Å²) in [5.41, 5.74) is 1.19. The number of rotatable bonds is 11. The van der Waals surface area contributed by atoms with Crippen molar-refractivity contribution in [2.75, 3.05) is 63.9 Å². The lowest BCUT2D eigenvalue weighted by Crippen LogP contribution is -2.36. The number of fused-ring (bicyclic) bond motifs is 1. The van der Waals surface area contributed by atoms with E-state index in [4.69, 9.17) is 9.47 Å². The molecule has 1 aromatic heterocycles. The second-order valence-corrected chi connectivity index (χ2v) is 12.9. The highest BCUT2D eigenvalue weighted by Gasteiger charge is 2.29. The van der Waals surface area contributed by atoms with Crippen LogP contribution in [0.4, 0.5) is 24.5 Å². The van der Waals surface area contributed by atoms with Crippen LogP contribution >= 0.6 is 11.3 Å². The summed E-state index contributed by atoms with van der Waals surface area (Å²) in [4.78, 5) is 2.60. The van der Waals surface area contributed by atoms with Gasteiger partial charge < -0.3 is 25.0 Å². The zero-order valence-electron chi connectivity index (χ0n) is 23.2. The molecule has 2 N–H and O–H groups in total. The average molecular weight is 610 g/mol. The van der Waals surface area contributed by atoms with E-state index >= 15 is 0 Å². The number of piperidine rings is 1. The predicted octanol–water partition coefficient (Wildman–Crippen LogP) is 5.58. The number of benzene rings is 2. The Balaban J connectivity index is 1.59. The molecule has 1 fully saturated rings. The van der Waals surface area contributed by atoms with E-state index in [0.717, 1.165) is 37.9 Å². The van der Waals surface area contributed by atoms with Crippen LogP contribution in [0, 0.1) is 11.8 Å². The molecule has 0 saturated carbocycles. The first-order valence-corrected chi connectivity index (χ1v) is 15.9. The Kier molecular flexibility index (Phi) is 10.4. The number of nitrogens with zero attached hydrogens (tertiary/aromatic N) is 1. The van der Waals surface area contributed by atoms with Gasteiger partial charge in [-0.1, -0.05) is 24.0 Å². The molecule has 1 saturated heterocycles. The quantitative estimate of drug-likeness (QED) is 0.217. The molecule has 4 rings (SSSR count). The van der Waals surface area contributed by atoms with Crippen LogP contribution in [0.15, 0.2) is 41.3 Å². The lowest BCUT2D eigenvalue weighted by atomic mass is 10.0. The van der Waals surface area contributed by atoms with E-state index in [9.17, 15) is 21.6 Å². The highest BCUT2D eigenvalue weighted by Crippen LogP contribution is 2.42. The molecular formula is C29H34F3N3O4S2. The van der Waals surface area contributed by atoms with E-state index in [-0.39, 0.29) is 34.5 Å². The van der Waals surface area contributed by atoms with Crippen molar-refractivity contribution in [3.05, 3.63) is 46.8 Å². The highest BCUT2D eigenvalue weighted by atomic mass is 32.2. The van der Waals surface area contributed by atoms with Crippen LogP contribution in [-0.2, 0) is 14.6 Å². The molecule has 1 aliphatic rings. The third-order valence-corrected chi connectivity index (χ3v) is 9.10. The molecular weight excluding hydrogens is 575 g/mol. The second-order valence-electron chi connectivity index (χ2n) is 9.91. The van der Waals surface area contributed by atoms with Crippen molar-refractivity contribution < 1.29 is 31.1 Å². The van der Waals surface area contributed by atoms with E-state index in [1.807, 2.05) is 6.07 Å². The zero-order valence-corrected chi connectivity index (χ0v) is 24.8. The van der Waals surface area contributed by atoms with Crippen LogP contribution in [0.1, 0.15) is 29.5 Å². The van der Waals surface area contributed by atoms with Crippen molar-refractivity contribution >= 4 is 42.6 Å². The van der Waals surface area contributed by atoms with Crippen molar-refractivity contribution in [3.63, 3.8) is 0 Å². The van der Waals surface area contributed by atoms with E-state index in [1.165, 1.54) is 30.6 Å². The maximum atomic E-state index is 14.9. The maximum Gasteiger partial charge on any atom is 0.273 e. The molecule has 3 aromatic rings. The van der Waals surface area contributed by atoms with Crippen LogP contribution < -0.4 is 15.4 Å². The molecule has 0 bridgehead atoms. The highest BCUT2D eigenvalue weighted by molar-refractivity contribution is 7.90. The topological polar surface area (TPSA) is 79.9 Å². The maximum absolute atomic E-state index is 14.9. The fourth-order valence-electron chi connectivity index (χ4n) is 4.62. The Bertz CT molecular complexity index is 1510. The molecule has 2 heterocycles. The number of thiophene rings is 1. The fourth-order valence-corrected chi connectivity index (χ4v) is 6.44. The van der Waals surface area contributed by atoms with Crippen LogP contribution in [0.3, 0.4) is 0 Å². The Morgan fingerprint density at radius 1 is 1.12 bits per heavy atom. The number of sulfone groups is 1. The van der Waals surface area contributed by atoms with Crippen LogP contribution in [0.2, 0.25) is 0 Å². The van der Waals surface area contributed by atoms with Crippen LogP contribution in [-0.4, -0.2) is 79.0 Å². The lowest BCUT2D eigenvalue weighted by Gasteiger charge is -2.30. The summed E-state index contributed by atoms with van der Waals surface area (Å²) in [5.74, 6) is 6.10. The van der Waals surface area contributed by atoms with Gasteiger partial charge in [0.15, 0.2) is 16.0 Å². The number of methoxy groups -OCH3 is 1. The molecule has 7 nitrogen and oxygen atoms in total. The first-order chi connectivity index (χ1) is 19.6. The Labute approximate surface area is 242 Å². The van der Waals surface area contributed by atoms with Gasteiger partial charge in [-0.3, -0.25) is 0 Å². The third-order valence-electron chi connectivity index (χ3n) is 6.82. The monoisotopic (exact) mass is 609 g/mol. The van der Waals surface area contributed by atoms with Gasteiger partial charge in [-0.15, -0.1) is 11.3 Å². The first kappa shape index (κ1) is 31.0. The number of anilines is 2. The molecule has 1 atom stereocenters. The van der Waals surface area contributed by atoms with Crippen LogP contribution in [0.5, 0.6) is 5.75 Å². The Hall–Kier alpha value is -2.98. The van der Waals surface area contributed by atoms with Crippen molar-refractivity contribution in [1.82, 2.24) is 4.90 Å². The molecule has 1 aliphatic heterocycles. The largest absolute Gasteiger partial charge is 0.489 e. The van der Waals surface area contributed by atoms with Gasteiger partial charge >= 0.3 is 0 Å². The second kappa shape index (κ2) is 13.8. The smallest absolute Gasteiger partial charge is 0.273 e. The summed E-state index contributed by atoms with van der Waals surface area (Å²) in [7, 11) is 0.150. The number of hydrogen-bond acceptors (Lipinski definition) is 8. The summed E-state index contributed by atoms with van der Waals surface area (Å²) < 4.78 is 77.4. The molecule has 12 heteroatoms. The molecule has 2 aromatic carbocycles. The fraction of sp³-hybridized carbons (Fsp3) is 0.448. The van der Waals surface area contributed by atoms with Crippen molar-refractivity contribution in [1.29, 1.82) is 0 Å². The van der Waals surface area contributed by atoms with Gasteiger partial charge in [0.2, 0.25) is 0 Å². The molecule has 0 amide bonds. The van der Waals surface area contributed by atoms with Crippen LogP contribution in [0.25, 0.3) is 10.1 Å². The number of ether oxygens (including phenoxy) is 2. The minimum absolute atomic E-state index is 0.0822. The normalized spacial score (nSPS) is 15.5. The standard InChI is InChI=1S/C29H34F3N3O4S2/c1-35-14-11-19(12-15-35)34-23-7-4-6-21-26(27(30)29(31)32)25(40-28(21)23)8-5-13-33-22-10-9-20(41(3,36)37)18-24(22)39-17-16-38-2/h4,6-7,9-10,18-19,27,29,33-34H,11-17H2,1-3H3. The summed E-state index contributed by atoms with van der Waals surface area (Å²) in [5, 5.41) is 7.04. The van der Waals surface area contributed by atoms with Gasteiger partial charge in [0.1, 0.15) is 12.4 Å². The van der Waals surface area contributed by atoms with E-state index in [0.29, 0.717) is 28.1 Å². The number of hydrogen-bond donors (Lipinski definition) is 2. The Morgan fingerprint density at radius 3 is 2.56 bits per heavy atom. The molecule has 1 unspecified atom stereocenters. The number of nitrogens with one attached hydrogen (secondary N) is 2. The summed E-state index contributed by atoms with van der Waals surface area (Å²) in [6.45, 7) is 2.51. The van der Waals surface area contributed by atoms with Gasteiger partial charge in [-0.2, -0.15) is 0 Å². The summed E-state index contributed by atoms with van der Waals surface area (Å²) in [6, 6.07) is 9.98. The molecule has 41 heavy (non-hydrogen) atoms. The van der Waals surface area contributed by atoms with Gasteiger partial charge in [0.05, 0.1) is 39.0 Å². The summed E-state index contributed by atoms with van der Waals surface area (Å²) in [6.07, 6.45) is -2.64. The van der Waals surface area contributed by atoms with Gasteiger partial charge in [-0.25, -0.2) is 21.6 Å². The number of halogens is 3. The average Bonchev–Trinajstić information content (AvgIpc) is 3.31.